The first-order chi connectivity index (χ1) is 13.9. The average molecular weight is 413 g/mol. The molecule has 0 bridgehead atoms. The first-order valence-electron chi connectivity index (χ1n) is 9.42. The van der Waals surface area contributed by atoms with Crippen LogP contribution in [-0.2, 0) is 16.4 Å². The van der Waals surface area contributed by atoms with E-state index in [9.17, 15) is 8.42 Å². The molecule has 7 nitrogen and oxygen atoms in total. The molecule has 0 amide bonds. The molecule has 1 aliphatic rings. The lowest BCUT2D eigenvalue weighted by Crippen LogP contribution is -2.19. The molecule has 1 saturated heterocycles. The second-order valence-electron chi connectivity index (χ2n) is 7.28. The Kier molecular flexibility index (Phi) is 5.38. The van der Waals surface area contributed by atoms with E-state index in [2.05, 4.69) is 15.1 Å². The van der Waals surface area contributed by atoms with Crippen LogP contribution < -0.4 is 4.74 Å². The Balaban J connectivity index is 1.42. The van der Waals surface area contributed by atoms with Gasteiger partial charge >= 0.3 is 0 Å². The van der Waals surface area contributed by atoms with Gasteiger partial charge < -0.3 is 9.15 Å². The van der Waals surface area contributed by atoms with Crippen molar-refractivity contribution in [1.82, 2.24) is 15.1 Å². The van der Waals surface area contributed by atoms with Gasteiger partial charge in [0.2, 0.25) is 5.89 Å². The van der Waals surface area contributed by atoms with E-state index in [0.29, 0.717) is 22.4 Å². The van der Waals surface area contributed by atoms with E-state index in [-0.39, 0.29) is 5.92 Å². The summed E-state index contributed by atoms with van der Waals surface area (Å²) in [6.45, 7) is 2.50. The van der Waals surface area contributed by atoms with Crippen molar-refractivity contribution in [2.24, 2.45) is 0 Å². The summed E-state index contributed by atoms with van der Waals surface area (Å²) in [7, 11) is -1.55. The fourth-order valence-corrected chi connectivity index (χ4v) is 4.24. The van der Waals surface area contributed by atoms with Gasteiger partial charge in [-0.05, 0) is 42.8 Å². The fraction of sp³-hybridized carbons (Fsp3) is 0.333. The number of hydrogen-bond acceptors (Lipinski definition) is 7. The average Bonchev–Trinajstić information content (AvgIpc) is 3.37. The highest BCUT2D eigenvalue weighted by Gasteiger charge is 2.28. The van der Waals surface area contributed by atoms with Gasteiger partial charge in [-0.3, -0.25) is 4.90 Å². The summed E-state index contributed by atoms with van der Waals surface area (Å²) < 4.78 is 34.5. The van der Waals surface area contributed by atoms with Crippen molar-refractivity contribution in [3.8, 4) is 17.2 Å². The van der Waals surface area contributed by atoms with Gasteiger partial charge in [0, 0.05) is 19.3 Å². The molecule has 8 heteroatoms. The van der Waals surface area contributed by atoms with Crippen molar-refractivity contribution >= 4 is 9.84 Å². The zero-order valence-corrected chi connectivity index (χ0v) is 17.2. The SMILES string of the molecule is COc1ccccc1-c1nnc([C@H]2CCN(Cc3ccc(S(C)(=O)=O)cc3)C2)o1. The largest absolute Gasteiger partial charge is 0.496 e. The molecule has 0 saturated carbocycles. The van der Waals surface area contributed by atoms with Gasteiger partial charge in [0.1, 0.15) is 5.75 Å². The Morgan fingerprint density at radius 1 is 1.14 bits per heavy atom. The van der Waals surface area contributed by atoms with Crippen molar-refractivity contribution in [2.45, 2.75) is 23.8 Å². The quantitative estimate of drug-likeness (QED) is 0.614. The molecule has 1 fully saturated rings. The third-order valence-corrected chi connectivity index (χ3v) is 6.29. The van der Waals surface area contributed by atoms with Gasteiger partial charge in [-0.2, -0.15) is 0 Å². The van der Waals surface area contributed by atoms with Gasteiger partial charge in [-0.1, -0.05) is 24.3 Å². The molecule has 1 aliphatic heterocycles. The van der Waals surface area contributed by atoms with Crippen LogP contribution in [-0.4, -0.2) is 50.0 Å². The lowest BCUT2D eigenvalue weighted by atomic mass is 10.1. The van der Waals surface area contributed by atoms with Crippen LogP contribution in [0.3, 0.4) is 0 Å². The Bertz CT molecular complexity index is 1090. The smallest absolute Gasteiger partial charge is 0.251 e. The fourth-order valence-electron chi connectivity index (χ4n) is 3.61. The lowest BCUT2D eigenvalue weighted by molar-refractivity contribution is 0.320. The number of likely N-dealkylation sites (tertiary alicyclic amines) is 1. The third kappa shape index (κ3) is 4.33. The first kappa shape index (κ1) is 19.6. The second-order valence-corrected chi connectivity index (χ2v) is 9.30. The van der Waals surface area contributed by atoms with Gasteiger partial charge in [0.15, 0.2) is 9.84 Å². The maximum atomic E-state index is 11.6. The van der Waals surface area contributed by atoms with E-state index >= 15 is 0 Å². The van der Waals surface area contributed by atoms with Crippen molar-refractivity contribution < 1.29 is 17.6 Å². The standard InChI is InChI=1S/C21H23N3O4S/c1-27-19-6-4-3-5-18(19)21-23-22-20(28-21)16-11-12-24(14-16)13-15-7-9-17(10-8-15)29(2,25)26/h3-10,16H,11-14H2,1-2H3/t16-/m0/s1. The molecular formula is C21H23N3O4S. The minimum Gasteiger partial charge on any atom is -0.496 e. The number of benzene rings is 2. The molecule has 3 aromatic rings. The molecular weight excluding hydrogens is 390 g/mol. The molecule has 0 radical (unpaired) electrons. The third-order valence-electron chi connectivity index (χ3n) is 5.16. The Morgan fingerprint density at radius 3 is 2.62 bits per heavy atom. The van der Waals surface area contributed by atoms with Crippen molar-refractivity contribution in [1.29, 1.82) is 0 Å². The predicted octanol–water partition coefficient (Wildman–Crippen LogP) is 3.14. The normalized spacial score (nSPS) is 17.5. The number of para-hydroxylation sites is 1. The molecule has 1 aromatic heterocycles. The molecule has 0 N–H and O–H groups in total. The molecule has 0 spiro atoms. The number of nitrogens with zero attached hydrogens (tertiary/aromatic N) is 3. The van der Waals surface area contributed by atoms with Crippen molar-refractivity contribution in [3.05, 3.63) is 60.0 Å². The molecule has 29 heavy (non-hydrogen) atoms. The lowest BCUT2D eigenvalue weighted by Gasteiger charge is -2.15. The summed E-state index contributed by atoms with van der Waals surface area (Å²) in [6, 6.07) is 14.6. The minimum atomic E-state index is -3.17. The molecule has 152 valence electrons. The number of hydrogen-bond donors (Lipinski definition) is 0. The van der Waals surface area contributed by atoms with Gasteiger partial charge in [-0.15, -0.1) is 10.2 Å². The number of aromatic nitrogens is 2. The van der Waals surface area contributed by atoms with E-state index in [4.69, 9.17) is 9.15 Å². The van der Waals surface area contributed by atoms with E-state index in [1.807, 2.05) is 36.4 Å². The zero-order valence-electron chi connectivity index (χ0n) is 16.4. The minimum absolute atomic E-state index is 0.182. The highest BCUT2D eigenvalue weighted by Crippen LogP contribution is 2.32. The first-order valence-corrected chi connectivity index (χ1v) is 11.3. The molecule has 2 heterocycles. The number of methoxy groups -OCH3 is 1. The molecule has 0 unspecified atom stereocenters. The van der Waals surface area contributed by atoms with Crippen molar-refractivity contribution in [2.75, 3.05) is 26.5 Å². The number of rotatable bonds is 6. The van der Waals surface area contributed by atoms with E-state index in [1.54, 1.807) is 19.2 Å². The maximum Gasteiger partial charge on any atom is 0.251 e. The van der Waals surface area contributed by atoms with Crippen LogP contribution in [0.4, 0.5) is 0 Å². The summed E-state index contributed by atoms with van der Waals surface area (Å²) in [4.78, 5) is 2.66. The highest BCUT2D eigenvalue weighted by molar-refractivity contribution is 7.90. The van der Waals surface area contributed by atoms with Crippen LogP contribution in [0, 0.1) is 0 Å². The maximum absolute atomic E-state index is 11.6. The van der Waals surface area contributed by atoms with Gasteiger partial charge in [-0.25, -0.2) is 8.42 Å². The van der Waals surface area contributed by atoms with Crippen LogP contribution >= 0.6 is 0 Å². The van der Waals surface area contributed by atoms with Crippen LogP contribution in [0.1, 0.15) is 23.8 Å². The summed E-state index contributed by atoms with van der Waals surface area (Å²) >= 11 is 0. The number of ether oxygens (including phenoxy) is 1. The molecule has 0 aliphatic carbocycles. The van der Waals surface area contributed by atoms with Gasteiger partial charge in [0.05, 0.1) is 23.5 Å². The summed E-state index contributed by atoms with van der Waals surface area (Å²) in [5, 5.41) is 8.47. The van der Waals surface area contributed by atoms with Crippen LogP contribution in [0.15, 0.2) is 57.8 Å². The van der Waals surface area contributed by atoms with Crippen molar-refractivity contribution in [3.63, 3.8) is 0 Å². The number of sulfone groups is 1. The highest BCUT2D eigenvalue weighted by atomic mass is 32.2. The van der Waals surface area contributed by atoms with Crippen LogP contribution in [0.25, 0.3) is 11.5 Å². The van der Waals surface area contributed by atoms with Gasteiger partial charge in [0.25, 0.3) is 5.89 Å². The second kappa shape index (κ2) is 7.96. The predicted molar refractivity (Wildman–Crippen MR) is 108 cm³/mol. The van der Waals surface area contributed by atoms with E-state index in [0.717, 1.165) is 37.2 Å². The Morgan fingerprint density at radius 2 is 1.90 bits per heavy atom. The Hall–Kier alpha value is -2.71. The summed E-state index contributed by atoms with van der Waals surface area (Å²) in [5.41, 5.74) is 1.87. The van der Waals surface area contributed by atoms with Crippen LogP contribution in [0.5, 0.6) is 5.75 Å². The topological polar surface area (TPSA) is 85.5 Å². The molecule has 4 rings (SSSR count). The van der Waals surface area contributed by atoms with Crippen LogP contribution in [0.2, 0.25) is 0 Å². The molecule has 2 aromatic carbocycles. The van der Waals surface area contributed by atoms with E-state index in [1.165, 1.54) is 6.26 Å². The summed E-state index contributed by atoms with van der Waals surface area (Å²) in [5.74, 6) is 1.99. The zero-order chi connectivity index (χ0) is 20.4. The Labute approximate surface area is 170 Å². The molecule has 1 atom stereocenters. The van der Waals surface area contributed by atoms with E-state index < -0.39 is 9.84 Å². The monoisotopic (exact) mass is 413 g/mol. The summed E-state index contributed by atoms with van der Waals surface area (Å²) in [6.07, 6.45) is 2.16.